The lowest BCUT2D eigenvalue weighted by Gasteiger charge is -2.31. The van der Waals surface area contributed by atoms with Crippen molar-refractivity contribution in [3.05, 3.63) is 29.6 Å². The number of carbonyl (C=O) groups is 1. The highest BCUT2D eigenvalue weighted by Gasteiger charge is 2.33. The van der Waals surface area contributed by atoms with Gasteiger partial charge in [0.2, 0.25) is 15.9 Å². The van der Waals surface area contributed by atoms with Crippen LogP contribution in [0.3, 0.4) is 0 Å². The van der Waals surface area contributed by atoms with Crippen LogP contribution in [0.15, 0.2) is 23.1 Å². The Kier molecular flexibility index (Phi) is 7.06. The fraction of sp³-hybridized carbons (Fsp3) is 0.650. The first-order chi connectivity index (χ1) is 13.4. The molecule has 0 unspecified atom stereocenters. The first-order valence-corrected chi connectivity index (χ1v) is 11.6. The summed E-state index contributed by atoms with van der Waals surface area (Å²) < 4.78 is 40.5. The Balaban J connectivity index is 1.46. The van der Waals surface area contributed by atoms with Gasteiger partial charge in [-0.05, 0) is 76.4 Å². The summed E-state index contributed by atoms with van der Waals surface area (Å²) in [5.74, 6) is -0.709. The summed E-state index contributed by atoms with van der Waals surface area (Å²) in [6, 6.07) is 3.81. The number of hydrogen-bond donors (Lipinski definition) is 1. The summed E-state index contributed by atoms with van der Waals surface area (Å²) in [6.45, 7) is 6.22. The second kappa shape index (κ2) is 9.33. The second-order valence-corrected chi connectivity index (χ2v) is 9.69. The average Bonchev–Trinajstić information content (AvgIpc) is 3.20. The maximum atomic E-state index is 13.5. The van der Waals surface area contributed by atoms with Gasteiger partial charge in [-0.25, -0.2) is 12.8 Å². The van der Waals surface area contributed by atoms with Crippen molar-refractivity contribution in [2.45, 2.75) is 43.9 Å². The van der Waals surface area contributed by atoms with E-state index in [-0.39, 0.29) is 29.8 Å². The van der Waals surface area contributed by atoms with E-state index >= 15 is 0 Å². The van der Waals surface area contributed by atoms with Crippen molar-refractivity contribution >= 4 is 15.9 Å². The molecule has 1 aromatic rings. The first-order valence-electron chi connectivity index (χ1n) is 10.1. The summed E-state index contributed by atoms with van der Waals surface area (Å²) in [6.07, 6.45) is 4.46. The van der Waals surface area contributed by atoms with Crippen molar-refractivity contribution in [3.63, 3.8) is 0 Å². The number of carbonyl (C=O) groups excluding carboxylic acids is 1. The number of sulfonamides is 1. The number of likely N-dealkylation sites (tertiary alicyclic amines) is 1. The van der Waals surface area contributed by atoms with Crippen molar-refractivity contribution in [2.24, 2.45) is 5.92 Å². The molecular formula is C20H30FN3O3S. The van der Waals surface area contributed by atoms with Crippen LogP contribution in [-0.4, -0.2) is 62.8 Å². The number of piperidine rings is 1. The van der Waals surface area contributed by atoms with Crippen molar-refractivity contribution in [3.8, 4) is 0 Å². The summed E-state index contributed by atoms with van der Waals surface area (Å²) >= 11 is 0. The van der Waals surface area contributed by atoms with Crippen LogP contribution in [-0.2, 0) is 14.8 Å². The zero-order valence-electron chi connectivity index (χ0n) is 16.5. The molecule has 0 radical (unpaired) electrons. The molecule has 0 aromatic heterocycles. The standard InChI is InChI=1S/C20H30FN3O3S/c1-16-5-6-18(21)15-19(16)28(26,27)24-13-7-17(8-14-24)20(25)22-9-4-12-23-10-2-3-11-23/h5-6,15,17H,2-4,7-14H2,1H3,(H,22,25). The van der Waals surface area contributed by atoms with Crippen LogP contribution < -0.4 is 5.32 Å². The van der Waals surface area contributed by atoms with Crippen LogP contribution in [0.5, 0.6) is 0 Å². The highest BCUT2D eigenvalue weighted by Crippen LogP contribution is 2.26. The summed E-state index contributed by atoms with van der Waals surface area (Å²) in [4.78, 5) is 14.8. The lowest BCUT2D eigenvalue weighted by Crippen LogP contribution is -2.43. The minimum Gasteiger partial charge on any atom is -0.356 e. The zero-order chi connectivity index (χ0) is 20.1. The molecule has 0 spiro atoms. The number of benzene rings is 1. The van der Waals surface area contributed by atoms with E-state index in [1.807, 2.05) is 0 Å². The molecule has 2 aliphatic heterocycles. The van der Waals surface area contributed by atoms with E-state index in [9.17, 15) is 17.6 Å². The van der Waals surface area contributed by atoms with Crippen LogP contribution in [0.4, 0.5) is 4.39 Å². The Hall–Kier alpha value is -1.51. The number of aryl methyl sites for hydroxylation is 1. The number of hydrogen-bond acceptors (Lipinski definition) is 4. The molecule has 3 rings (SSSR count). The van der Waals surface area contributed by atoms with Crippen molar-refractivity contribution in [1.82, 2.24) is 14.5 Å². The molecule has 1 aromatic carbocycles. The highest BCUT2D eigenvalue weighted by molar-refractivity contribution is 7.89. The van der Waals surface area contributed by atoms with Gasteiger partial charge in [0.1, 0.15) is 5.82 Å². The molecule has 28 heavy (non-hydrogen) atoms. The van der Waals surface area contributed by atoms with Gasteiger partial charge in [-0.2, -0.15) is 4.31 Å². The van der Waals surface area contributed by atoms with Crippen LogP contribution in [0.25, 0.3) is 0 Å². The van der Waals surface area contributed by atoms with E-state index in [1.165, 1.54) is 29.3 Å². The predicted octanol–water partition coefficient (Wildman–Crippen LogP) is 2.14. The van der Waals surface area contributed by atoms with E-state index in [1.54, 1.807) is 6.92 Å². The molecular weight excluding hydrogens is 381 g/mol. The van der Waals surface area contributed by atoms with Crippen LogP contribution in [0, 0.1) is 18.7 Å². The maximum absolute atomic E-state index is 13.5. The number of nitrogens with one attached hydrogen (secondary N) is 1. The number of nitrogens with zero attached hydrogens (tertiary/aromatic N) is 2. The second-order valence-electron chi connectivity index (χ2n) is 7.78. The minimum absolute atomic E-state index is 0.0114. The van der Waals surface area contributed by atoms with Gasteiger partial charge >= 0.3 is 0 Å². The lowest BCUT2D eigenvalue weighted by molar-refractivity contribution is -0.126. The van der Waals surface area contributed by atoms with E-state index in [0.717, 1.165) is 32.1 Å². The lowest BCUT2D eigenvalue weighted by atomic mass is 9.97. The molecule has 1 N–H and O–H groups in total. The van der Waals surface area contributed by atoms with Crippen molar-refractivity contribution in [1.29, 1.82) is 0 Å². The molecule has 2 aliphatic rings. The van der Waals surface area contributed by atoms with Gasteiger partial charge in [-0.1, -0.05) is 6.07 Å². The average molecular weight is 412 g/mol. The molecule has 2 saturated heterocycles. The molecule has 156 valence electrons. The van der Waals surface area contributed by atoms with Crippen molar-refractivity contribution in [2.75, 3.05) is 39.3 Å². The summed E-state index contributed by atoms with van der Waals surface area (Å²) in [7, 11) is -3.74. The van der Waals surface area contributed by atoms with Crippen LogP contribution in [0.2, 0.25) is 0 Å². The first kappa shape index (κ1) is 21.2. The van der Waals surface area contributed by atoms with Crippen molar-refractivity contribution < 1.29 is 17.6 Å². The van der Waals surface area contributed by atoms with Gasteiger partial charge in [-0.15, -0.1) is 0 Å². The minimum atomic E-state index is -3.74. The highest BCUT2D eigenvalue weighted by atomic mass is 32.2. The van der Waals surface area contributed by atoms with E-state index < -0.39 is 15.8 Å². The van der Waals surface area contributed by atoms with Gasteiger partial charge in [0, 0.05) is 25.6 Å². The quantitative estimate of drug-likeness (QED) is 0.698. The van der Waals surface area contributed by atoms with Gasteiger partial charge in [0.15, 0.2) is 0 Å². The predicted molar refractivity (Wildman–Crippen MR) is 106 cm³/mol. The molecule has 0 bridgehead atoms. The third kappa shape index (κ3) is 5.10. The Labute approximate surface area is 167 Å². The van der Waals surface area contributed by atoms with E-state index in [4.69, 9.17) is 0 Å². The van der Waals surface area contributed by atoms with E-state index in [2.05, 4.69) is 10.2 Å². The van der Waals surface area contributed by atoms with Gasteiger partial charge in [0.25, 0.3) is 0 Å². The smallest absolute Gasteiger partial charge is 0.243 e. The molecule has 0 atom stereocenters. The fourth-order valence-electron chi connectivity index (χ4n) is 4.01. The molecule has 0 saturated carbocycles. The van der Waals surface area contributed by atoms with Crippen LogP contribution >= 0.6 is 0 Å². The van der Waals surface area contributed by atoms with E-state index in [0.29, 0.717) is 24.9 Å². The van der Waals surface area contributed by atoms with Gasteiger partial charge in [-0.3, -0.25) is 4.79 Å². The number of rotatable bonds is 7. The summed E-state index contributed by atoms with van der Waals surface area (Å²) in [5.41, 5.74) is 0.527. The SMILES string of the molecule is Cc1ccc(F)cc1S(=O)(=O)N1CCC(C(=O)NCCCN2CCCC2)CC1. The molecule has 0 aliphatic carbocycles. The normalized spacial score (nSPS) is 19.8. The third-order valence-corrected chi connectivity index (χ3v) is 7.78. The molecule has 2 fully saturated rings. The third-order valence-electron chi connectivity index (χ3n) is 5.74. The maximum Gasteiger partial charge on any atom is 0.243 e. The number of halogens is 1. The molecule has 2 heterocycles. The molecule has 6 nitrogen and oxygen atoms in total. The summed E-state index contributed by atoms with van der Waals surface area (Å²) in [5, 5.41) is 3.00. The number of amides is 1. The Morgan fingerprint density at radius 2 is 1.86 bits per heavy atom. The Morgan fingerprint density at radius 3 is 2.54 bits per heavy atom. The van der Waals surface area contributed by atoms with Crippen LogP contribution in [0.1, 0.15) is 37.7 Å². The zero-order valence-corrected chi connectivity index (χ0v) is 17.3. The van der Waals surface area contributed by atoms with Gasteiger partial charge < -0.3 is 10.2 Å². The largest absolute Gasteiger partial charge is 0.356 e. The topological polar surface area (TPSA) is 69.7 Å². The van der Waals surface area contributed by atoms with Gasteiger partial charge in [0.05, 0.1) is 4.90 Å². The molecule has 1 amide bonds. The Morgan fingerprint density at radius 1 is 1.18 bits per heavy atom. The fourth-order valence-corrected chi connectivity index (χ4v) is 5.72. The Bertz CT molecular complexity index is 786. The monoisotopic (exact) mass is 411 g/mol. The molecule has 8 heteroatoms.